The van der Waals surface area contributed by atoms with Crippen LogP contribution in [0.25, 0.3) is 0 Å². The molecule has 1 saturated heterocycles. The minimum absolute atomic E-state index is 0.544. The second kappa shape index (κ2) is 6.64. The maximum atomic E-state index is 5.57. The minimum atomic E-state index is 0.544. The van der Waals surface area contributed by atoms with Crippen molar-refractivity contribution < 1.29 is 0 Å². The summed E-state index contributed by atoms with van der Waals surface area (Å²) in [5.74, 6) is 0.544. The Kier molecular flexibility index (Phi) is 5.15. The lowest BCUT2D eigenvalue weighted by Gasteiger charge is -2.34. The van der Waals surface area contributed by atoms with Crippen molar-refractivity contribution >= 4 is 11.3 Å². The monoisotopic (exact) mass is 267 g/mol. The van der Waals surface area contributed by atoms with Crippen molar-refractivity contribution in [3.63, 3.8) is 0 Å². The van der Waals surface area contributed by atoms with Crippen molar-refractivity contribution in [2.45, 2.75) is 51.5 Å². The first-order valence-corrected chi connectivity index (χ1v) is 7.97. The van der Waals surface area contributed by atoms with Crippen molar-refractivity contribution in [3.8, 4) is 0 Å². The molecule has 0 amide bonds. The fraction of sp³-hybridized carbons (Fsp3) is 0.786. The van der Waals surface area contributed by atoms with Crippen LogP contribution in [0.15, 0.2) is 5.38 Å². The molecule has 0 spiro atoms. The van der Waals surface area contributed by atoms with Gasteiger partial charge in [-0.25, -0.2) is 4.98 Å². The maximum absolute atomic E-state index is 5.57. The molecule has 1 aliphatic rings. The van der Waals surface area contributed by atoms with E-state index in [1.54, 1.807) is 11.3 Å². The van der Waals surface area contributed by atoms with E-state index in [9.17, 15) is 0 Å². The van der Waals surface area contributed by atoms with Gasteiger partial charge in [0.25, 0.3) is 0 Å². The SMILES string of the molecule is CC(CN1CCCCC1C)c1nc(CCN)cs1. The number of nitrogens with two attached hydrogens (primary N) is 1. The molecular weight excluding hydrogens is 242 g/mol. The molecule has 0 aromatic carbocycles. The van der Waals surface area contributed by atoms with Crippen molar-refractivity contribution in [2.75, 3.05) is 19.6 Å². The number of likely N-dealkylation sites (tertiary alicyclic amines) is 1. The molecule has 2 atom stereocenters. The van der Waals surface area contributed by atoms with Gasteiger partial charge in [0, 0.05) is 30.3 Å². The lowest BCUT2D eigenvalue weighted by molar-refractivity contribution is 0.153. The Bertz CT molecular complexity index is 364. The van der Waals surface area contributed by atoms with Crippen molar-refractivity contribution in [1.29, 1.82) is 0 Å². The summed E-state index contributed by atoms with van der Waals surface area (Å²) in [6.07, 6.45) is 5.00. The summed E-state index contributed by atoms with van der Waals surface area (Å²) < 4.78 is 0. The highest BCUT2D eigenvalue weighted by Crippen LogP contribution is 2.24. The number of hydrogen-bond acceptors (Lipinski definition) is 4. The summed E-state index contributed by atoms with van der Waals surface area (Å²) in [6, 6.07) is 0.740. The van der Waals surface area contributed by atoms with E-state index >= 15 is 0 Å². The average Bonchev–Trinajstić information content (AvgIpc) is 2.81. The van der Waals surface area contributed by atoms with Crippen molar-refractivity contribution in [2.24, 2.45) is 5.73 Å². The highest BCUT2D eigenvalue weighted by Gasteiger charge is 2.21. The molecule has 1 aromatic rings. The van der Waals surface area contributed by atoms with Crippen LogP contribution in [0.5, 0.6) is 0 Å². The van der Waals surface area contributed by atoms with Gasteiger partial charge in [-0.05, 0) is 32.9 Å². The van der Waals surface area contributed by atoms with Gasteiger partial charge >= 0.3 is 0 Å². The number of aromatic nitrogens is 1. The van der Waals surface area contributed by atoms with E-state index in [-0.39, 0.29) is 0 Å². The molecule has 4 heteroatoms. The molecule has 2 N–H and O–H groups in total. The lowest BCUT2D eigenvalue weighted by atomic mass is 10.0. The molecule has 1 aromatic heterocycles. The van der Waals surface area contributed by atoms with Crippen LogP contribution in [0.4, 0.5) is 0 Å². The molecule has 0 radical (unpaired) electrons. The van der Waals surface area contributed by atoms with Gasteiger partial charge < -0.3 is 5.73 Å². The van der Waals surface area contributed by atoms with E-state index in [0.29, 0.717) is 12.5 Å². The number of piperidine rings is 1. The number of rotatable bonds is 5. The third kappa shape index (κ3) is 3.53. The molecular formula is C14H25N3S. The Hall–Kier alpha value is -0.450. The van der Waals surface area contributed by atoms with Crippen LogP contribution in [-0.4, -0.2) is 35.6 Å². The van der Waals surface area contributed by atoms with E-state index in [1.165, 1.54) is 30.8 Å². The predicted molar refractivity (Wildman–Crippen MR) is 78.2 cm³/mol. The largest absolute Gasteiger partial charge is 0.330 e. The maximum Gasteiger partial charge on any atom is 0.0969 e. The fourth-order valence-corrected chi connectivity index (χ4v) is 3.57. The van der Waals surface area contributed by atoms with E-state index in [1.807, 2.05) is 0 Å². The standard InChI is InChI=1S/C14H25N3S/c1-11(9-17-8-4-3-5-12(17)2)14-16-13(6-7-15)10-18-14/h10-12H,3-9,15H2,1-2H3. The molecule has 1 fully saturated rings. The average molecular weight is 267 g/mol. The molecule has 0 saturated carbocycles. The second-order valence-corrected chi connectivity index (χ2v) is 6.35. The second-order valence-electron chi connectivity index (χ2n) is 5.46. The van der Waals surface area contributed by atoms with Crippen molar-refractivity contribution in [1.82, 2.24) is 9.88 Å². The van der Waals surface area contributed by atoms with Gasteiger partial charge in [0.2, 0.25) is 0 Å². The topological polar surface area (TPSA) is 42.2 Å². The molecule has 1 aliphatic heterocycles. The predicted octanol–water partition coefficient (Wildman–Crippen LogP) is 2.62. The molecule has 2 unspecified atom stereocenters. The summed E-state index contributed by atoms with van der Waals surface area (Å²) in [5.41, 5.74) is 6.73. The van der Waals surface area contributed by atoms with Crippen molar-refractivity contribution in [3.05, 3.63) is 16.1 Å². The third-order valence-corrected chi connectivity index (χ3v) is 4.97. The van der Waals surface area contributed by atoms with E-state index < -0.39 is 0 Å². The van der Waals surface area contributed by atoms with Gasteiger partial charge in [0.05, 0.1) is 10.7 Å². The number of nitrogens with zero attached hydrogens (tertiary/aromatic N) is 2. The molecule has 2 heterocycles. The summed E-state index contributed by atoms with van der Waals surface area (Å²) >= 11 is 1.79. The molecule has 0 bridgehead atoms. The first kappa shape index (κ1) is 14.0. The zero-order chi connectivity index (χ0) is 13.0. The Balaban J connectivity index is 1.91. The zero-order valence-electron chi connectivity index (χ0n) is 11.6. The fourth-order valence-electron chi connectivity index (χ4n) is 2.67. The number of hydrogen-bond donors (Lipinski definition) is 1. The quantitative estimate of drug-likeness (QED) is 0.891. The van der Waals surface area contributed by atoms with Crippen LogP contribution in [0.1, 0.15) is 49.7 Å². The Morgan fingerprint density at radius 1 is 1.56 bits per heavy atom. The van der Waals surface area contributed by atoms with Gasteiger partial charge in [0.1, 0.15) is 0 Å². The molecule has 102 valence electrons. The highest BCUT2D eigenvalue weighted by molar-refractivity contribution is 7.09. The normalized spacial score (nSPS) is 23.2. The van der Waals surface area contributed by atoms with Crippen LogP contribution in [0.3, 0.4) is 0 Å². The highest BCUT2D eigenvalue weighted by atomic mass is 32.1. The Morgan fingerprint density at radius 2 is 2.39 bits per heavy atom. The molecule has 2 rings (SSSR count). The third-order valence-electron chi connectivity index (χ3n) is 3.84. The Labute approximate surface area is 114 Å². The van der Waals surface area contributed by atoms with E-state index in [2.05, 4.69) is 24.1 Å². The summed E-state index contributed by atoms with van der Waals surface area (Å²) in [5, 5.41) is 3.44. The number of thiazole rings is 1. The Morgan fingerprint density at radius 3 is 3.11 bits per heavy atom. The van der Waals surface area contributed by atoms with E-state index in [0.717, 1.165) is 24.7 Å². The molecule has 18 heavy (non-hydrogen) atoms. The van der Waals surface area contributed by atoms with Gasteiger partial charge in [-0.2, -0.15) is 0 Å². The van der Waals surface area contributed by atoms with Gasteiger partial charge in [-0.15, -0.1) is 11.3 Å². The summed E-state index contributed by atoms with van der Waals surface area (Å²) in [6.45, 7) is 7.75. The van der Waals surface area contributed by atoms with Crippen LogP contribution in [-0.2, 0) is 6.42 Å². The van der Waals surface area contributed by atoms with Crippen LogP contribution in [0.2, 0.25) is 0 Å². The van der Waals surface area contributed by atoms with Gasteiger partial charge in [-0.1, -0.05) is 13.3 Å². The smallest absolute Gasteiger partial charge is 0.0969 e. The minimum Gasteiger partial charge on any atom is -0.330 e. The summed E-state index contributed by atoms with van der Waals surface area (Å²) in [7, 11) is 0. The van der Waals surface area contributed by atoms with Crippen LogP contribution in [0, 0.1) is 0 Å². The van der Waals surface area contributed by atoms with Gasteiger partial charge in [0.15, 0.2) is 0 Å². The zero-order valence-corrected chi connectivity index (χ0v) is 12.4. The molecule has 0 aliphatic carbocycles. The lowest BCUT2D eigenvalue weighted by Crippen LogP contribution is -2.39. The van der Waals surface area contributed by atoms with Gasteiger partial charge in [-0.3, -0.25) is 4.90 Å². The summed E-state index contributed by atoms with van der Waals surface area (Å²) in [4.78, 5) is 7.33. The van der Waals surface area contributed by atoms with Crippen LogP contribution < -0.4 is 5.73 Å². The first-order valence-electron chi connectivity index (χ1n) is 7.09. The van der Waals surface area contributed by atoms with E-state index in [4.69, 9.17) is 10.7 Å². The molecule has 3 nitrogen and oxygen atoms in total. The first-order chi connectivity index (χ1) is 8.70. The van der Waals surface area contributed by atoms with Crippen LogP contribution >= 0.6 is 11.3 Å².